The van der Waals surface area contributed by atoms with E-state index in [4.69, 9.17) is 4.98 Å². The highest BCUT2D eigenvalue weighted by atomic mass is 32.1. The molecular formula is C27H24N4O2S. The number of thiazole rings is 1. The number of pyridine rings is 1. The van der Waals surface area contributed by atoms with Gasteiger partial charge in [0, 0.05) is 29.6 Å². The quantitative estimate of drug-likeness (QED) is 0.430. The Kier molecular flexibility index (Phi) is 6.44. The second-order valence-electron chi connectivity index (χ2n) is 8.18. The van der Waals surface area contributed by atoms with Crippen molar-refractivity contribution in [2.75, 3.05) is 11.9 Å². The van der Waals surface area contributed by atoms with Gasteiger partial charge < -0.3 is 10.2 Å². The first-order valence-corrected chi connectivity index (χ1v) is 12.1. The minimum atomic E-state index is -0.531. The zero-order chi connectivity index (χ0) is 23.3. The summed E-state index contributed by atoms with van der Waals surface area (Å²) in [5.74, 6) is -0.423. The maximum atomic E-state index is 13.2. The predicted molar refractivity (Wildman–Crippen MR) is 134 cm³/mol. The molecule has 1 atom stereocenters. The number of likely N-dealkylation sites (tertiary alicyclic amines) is 1. The van der Waals surface area contributed by atoms with Crippen LogP contribution < -0.4 is 5.32 Å². The van der Waals surface area contributed by atoms with Crippen LogP contribution in [-0.4, -0.2) is 39.3 Å². The molecule has 2 aromatic heterocycles. The first-order chi connectivity index (χ1) is 16.7. The monoisotopic (exact) mass is 468 g/mol. The fourth-order valence-electron chi connectivity index (χ4n) is 4.24. The minimum absolute atomic E-state index is 0.207. The standard InChI is InChI=1S/C27H24N4O2S/c32-25(22-15-9-17-31(22)26(33)21-14-7-8-16-28-21)30-27-29-24(20-12-5-2-6-13-20)23(34-27)18-19-10-3-1-4-11-19/h1-8,10-14,16,22H,9,15,17-18H2,(H,29,30,32). The number of amides is 2. The number of nitrogens with one attached hydrogen (secondary N) is 1. The van der Waals surface area contributed by atoms with Gasteiger partial charge in [0.15, 0.2) is 5.13 Å². The number of hydrogen-bond acceptors (Lipinski definition) is 5. The summed E-state index contributed by atoms with van der Waals surface area (Å²) in [5.41, 5.74) is 3.42. The van der Waals surface area contributed by atoms with Crippen LogP contribution in [0.4, 0.5) is 5.13 Å². The van der Waals surface area contributed by atoms with Gasteiger partial charge in [-0.05, 0) is 30.5 Å². The molecule has 1 N–H and O–H groups in total. The average Bonchev–Trinajstić information content (AvgIpc) is 3.53. The highest BCUT2D eigenvalue weighted by Crippen LogP contribution is 2.33. The van der Waals surface area contributed by atoms with Crippen molar-refractivity contribution in [1.82, 2.24) is 14.9 Å². The predicted octanol–water partition coefficient (Wildman–Crippen LogP) is 5.04. The van der Waals surface area contributed by atoms with Crippen molar-refractivity contribution >= 4 is 28.3 Å². The Morgan fingerprint density at radius 1 is 0.971 bits per heavy atom. The smallest absolute Gasteiger partial charge is 0.273 e. The lowest BCUT2D eigenvalue weighted by Gasteiger charge is -2.23. The van der Waals surface area contributed by atoms with E-state index < -0.39 is 6.04 Å². The third-order valence-electron chi connectivity index (χ3n) is 5.88. The maximum absolute atomic E-state index is 13.2. The van der Waals surface area contributed by atoms with E-state index in [2.05, 4.69) is 22.4 Å². The van der Waals surface area contributed by atoms with Crippen molar-refractivity contribution in [3.05, 3.63) is 101 Å². The Hall–Kier alpha value is -3.84. The molecule has 0 spiro atoms. The first kappa shape index (κ1) is 22.0. The Morgan fingerprint density at radius 3 is 2.44 bits per heavy atom. The van der Waals surface area contributed by atoms with Crippen LogP contribution in [0.3, 0.4) is 0 Å². The van der Waals surface area contributed by atoms with E-state index in [9.17, 15) is 9.59 Å². The topological polar surface area (TPSA) is 75.2 Å². The van der Waals surface area contributed by atoms with Gasteiger partial charge in [-0.15, -0.1) is 11.3 Å². The zero-order valence-electron chi connectivity index (χ0n) is 18.6. The summed E-state index contributed by atoms with van der Waals surface area (Å²) in [7, 11) is 0. The molecule has 34 heavy (non-hydrogen) atoms. The van der Waals surface area contributed by atoms with E-state index in [-0.39, 0.29) is 11.8 Å². The van der Waals surface area contributed by atoms with Gasteiger partial charge in [-0.1, -0.05) is 66.7 Å². The Morgan fingerprint density at radius 2 is 1.71 bits per heavy atom. The summed E-state index contributed by atoms with van der Waals surface area (Å²) in [6.45, 7) is 0.542. The molecule has 1 aliphatic heterocycles. The Bertz CT molecular complexity index is 1280. The van der Waals surface area contributed by atoms with Crippen molar-refractivity contribution in [1.29, 1.82) is 0 Å². The second-order valence-corrected chi connectivity index (χ2v) is 9.26. The van der Waals surface area contributed by atoms with Crippen molar-refractivity contribution < 1.29 is 9.59 Å². The fraction of sp³-hybridized carbons (Fsp3) is 0.185. The lowest BCUT2D eigenvalue weighted by atomic mass is 10.1. The molecule has 4 aromatic rings. The van der Waals surface area contributed by atoms with Crippen LogP contribution in [0.1, 0.15) is 33.8 Å². The summed E-state index contributed by atoms with van der Waals surface area (Å²) in [6, 6.07) is 24.9. The van der Waals surface area contributed by atoms with Crippen LogP contribution in [0.2, 0.25) is 0 Å². The summed E-state index contributed by atoms with van der Waals surface area (Å²) in [4.78, 5) is 37.8. The molecule has 5 rings (SSSR count). The molecule has 0 radical (unpaired) electrons. The SMILES string of the molecule is O=C(Nc1nc(-c2ccccc2)c(Cc2ccccc2)s1)C1CCCN1C(=O)c1ccccn1. The molecule has 170 valence electrons. The molecule has 2 amide bonds. The van der Waals surface area contributed by atoms with Crippen molar-refractivity contribution in [3.63, 3.8) is 0 Å². The van der Waals surface area contributed by atoms with E-state index in [0.717, 1.165) is 29.0 Å². The molecule has 1 unspecified atom stereocenters. The van der Waals surface area contributed by atoms with E-state index in [1.165, 1.54) is 16.9 Å². The van der Waals surface area contributed by atoms with Crippen LogP contribution in [0.5, 0.6) is 0 Å². The number of carbonyl (C=O) groups is 2. The summed E-state index contributed by atoms with van der Waals surface area (Å²) in [5, 5.41) is 3.54. The van der Waals surface area contributed by atoms with Gasteiger partial charge in [0.25, 0.3) is 5.91 Å². The van der Waals surface area contributed by atoms with E-state index in [1.54, 1.807) is 29.3 Å². The van der Waals surface area contributed by atoms with Gasteiger partial charge >= 0.3 is 0 Å². The normalized spacial score (nSPS) is 15.3. The summed E-state index contributed by atoms with van der Waals surface area (Å²) in [6.07, 6.45) is 3.72. The molecule has 1 fully saturated rings. The van der Waals surface area contributed by atoms with Gasteiger partial charge in [-0.25, -0.2) is 4.98 Å². The van der Waals surface area contributed by atoms with Gasteiger partial charge in [0.05, 0.1) is 5.69 Å². The second kappa shape index (κ2) is 9.97. The number of rotatable bonds is 6. The van der Waals surface area contributed by atoms with Crippen LogP contribution in [0, 0.1) is 0 Å². The molecule has 1 aliphatic rings. The minimum Gasteiger partial charge on any atom is -0.325 e. The molecule has 0 bridgehead atoms. The summed E-state index contributed by atoms with van der Waals surface area (Å²) < 4.78 is 0. The number of nitrogens with zero attached hydrogens (tertiary/aromatic N) is 3. The van der Waals surface area contributed by atoms with Crippen LogP contribution in [0.25, 0.3) is 11.3 Å². The first-order valence-electron chi connectivity index (χ1n) is 11.3. The van der Waals surface area contributed by atoms with Gasteiger partial charge in [-0.2, -0.15) is 0 Å². The maximum Gasteiger partial charge on any atom is 0.273 e. The number of anilines is 1. The molecule has 6 nitrogen and oxygen atoms in total. The third kappa shape index (κ3) is 4.75. The largest absolute Gasteiger partial charge is 0.325 e. The van der Waals surface area contributed by atoms with Crippen molar-refractivity contribution in [3.8, 4) is 11.3 Å². The Balaban J connectivity index is 1.38. The number of benzene rings is 2. The van der Waals surface area contributed by atoms with Gasteiger partial charge in [-0.3, -0.25) is 14.6 Å². The highest BCUT2D eigenvalue weighted by molar-refractivity contribution is 7.16. The van der Waals surface area contributed by atoms with Crippen molar-refractivity contribution in [2.45, 2.75) is 25.3 Å². The fourth-order valence-corrected chi connectivity index (χ4v) is 5.26. The van der Waals surface area contributed by atoms with E-state index >= 15 is 0 Å². The van der Waals surface area contributed by atoms with Crippen LogP contribution in [-0.2, 0) is 11.2 Å². The summed E-state index contributed by atoms with van der Waals surface area (Å²) >= 11 is 1.48. The Labute approximate surface area is 202 Å². The van der Waals surface area contributed by atoms with Crippen molar-refractivity contribution in [2.24, 2.45) is 0 Å². The van der Waals surface area contributed by atoms with Crippen LogP contribution >= 0.6 is 11.3 Å². The molecule has 0 aliphatic carbocycles. The van der Waals surface area contributed by atoms with E-state index in [0.29, 0.717) is 23.8 Å². The van der Waals surface area contributed by atoms with Gasteiger partial charge in [0.2, 0.25) is 5.91 Å². The number of aromatic nitrogens is 2. The average molecular weight is 469 g/mol. The third-order valence-corrected chi connectivity index (χ3v) is 6.85. The molecule has 3 heterocycles. The number of hydrogen-bond donors (Lipinski definition) is 1. The number of carbonyl (C=O) groups excluding carboxylic acids is 2. The molecule has 1 saturated heterocycles. The van der Waals surface area contributed by atoms with Crippen LogP contribution in [0.15, 0.2) is 85.1 Å². The highest BCUT2D eigenvalue weighted by Gasteiger charge is 2.35. The molecule has 7 heteroatoms. The van der Waals surface area contributed by atoms with E-state index in [1.807, 2.05) is 48.5 Å². The molecule has 0 saturated carbocycles. The lowest BCUT2D eigenvalue weighted by Crippen LogP contribution is -2.43. The zero-order valence-corrected chi connectivity index (χ0v) is 19.4. The molecular weight excluding hydrogens is 444 g/mol. The molecule has 2 aromatic carbocycles. The lowest BCUT2D eigenvalue weighted by molar-refractivity contribution is -0.119. The van der Waals surface area contributed by atoms with Gasteiger partial charge in [0.1, 0.15) is 11.7 Å².